The molecule has 20 heavy (non-hydrogen) atoms. The minimum Gasteiger partial charge on any atom is -0.300 e. The molecule has 3 rings (SSSR count). The maximum atomic E-state index is 6.00. The maximum Gasteiger partial charge on any atom is 0.0238 e. The highest BCUT2D eigenvalue weighted by Gasteiger charge is 2.27. The number of likely N-dealkylation sites (tertiary alicyclic amines) is 1. The third-order valence-corrected chi connectivity index (χ3v) is 5.36. The van der Waals surface area contributed by atoms with Crippen LogP contribution in [0.25, 0.3) is 0 Å². The van der Waals surface area contributed by atoms with Gasteiger partial charge in [-0.15, -0.1) is 11.6 Å². The molecule has 1 nitrogen and oxygen atoms in total. The van der Waals surface area contributed by atoms with Crippen molar-refractivity contribution in [1.82, 2.24) is 4.90 Å². The van der Waals surface area contributed by atoms with Crippen molar-refractivity contribution in [3.63, 3.8) is 0 Å². The van der Waals surface area contributed by atoms with Crippen molar-refractivity contribution >= 4 is 11.6 Å². The Morgan fingerprint density at radius 2 is 2.00 bits per heavy atom. The topological polar surface area (TPSA) is 3.24 Å². The molecule has 0 spiro atoms. The van der Waals surface area contributed by atoms with E-state index < -0.39 is 0 Å². The van der Waals surface area contributed by atoms with Gasteiger partial charge in [0.15, 0.2) is 0 Å². The van der Waals surface area contributed by atoms with Crippen LogP contribution in [0.4, 0.5) is 0 Å². The lowest BCUT2D eigenvalue weighted by Crippen LogP contribution is -2.42. The number of benzene rings is 1. The van der Waals surface area contributed by atoms with Crippen molar-refractivity contribution in [3.8, 4) is 0 Å². The van der Waals surface area contributed by atoms with Gasteiger partial charge in [-0.05, 0) is 62.1 Å². The van der Waals surface area contributed by atoms with Crippen LogP contribution in [-0.2, 0) is 6.42 Å². The van der Waals surface area contributed by atoms with Crippen molar-refractivity contribution in [2.24, 2.45) is 0 Å². The molecule has 2 heteroatoms. The highest BCUT2D eigenvalue weighted by atomic mass is 35.5. The van der Waals surface area contributed by atoms with Crippen molar-refractivity contribution in [2.45, 2.75) is 56.9 Å². The SMILES string of the molecule is ClCCC1CCCCN1CC1CCCc2ccccc21. The van der Waals surface area contributed by atoms with Crippen LogP contribution in [-0.4, -0.2) is 29.9 Å². The number of fused-ring (bicyclic) bond motifs is 1. The van der Waals surface area contributed by atoms with Gasteiger partial charge < -0.3 is 0 Å². The molecular weight excluding hydrogens is 266 g/mol. The Morgan fingerprint density at radius 1 is 1.10 bits per heavy atom. The van der Waals surface area contributed by atoms with E-state index >= 15 is 0 Å². The first-order chi connectivity index (χ1) is 9.88. The van der Waals surface area contributed by atoms with Gasteiger partial charge in [0, 0.05) is 18.5 Å². The molecule has 1 saturated heterocycles. The molecular formula is C18H26ClN. The molecule has 0 bridgehead atoms. The number of hydrogen-bond acceptors (Lipinski definition) is 1. The molecule has 2 atom stereocenters. The third kappa shape index (κ3) is 3.20. The molecule has 2 aliphatic rings. The van der Waals surface area contributed by atoms with Crippen LogP contribution in [0, 0.1) is 0 Å². The lowest BCUT2D eigenvalue weighted by molar-refractivity contribution is 0.132. The second-order valence-corrected chi connectivity index (χ2v) is 6.79. The Labute approximate surface area is 128 Å². The Kier molecular flexibility index (Phi) is 5.01. The average Bonchev–Trinajstić information content (AvgIpc) is 2.50. The van der Waals surface area contributed by atoms with Crippen molar-refractivity contribution in [2.75, 3.05) is 19.0 Å². The minimum atomic E-state index is 0.732. The fraction of sp³-hybridized carbons (Fsp3) is 0.667. The van der Waals surface area contributed by atoms with Crippen molar-refractivity contribution in [1.29, 1.82) is 0 Å². The van der Waals surface area contributed by atoms with Crippen LogP contribution in [0.2, 0.25) is 0 Å². The zero-order chi connectivity index (χ0) is 13.8. The number of alkyl halides is 1. The van der Waals surface area contributed by atoms with Crippen LogP contribution >= 0.6 is 11.6 Å². The summed E-state index contributed by atoms with van der Waals surface area (Å²) in [4.78, 5) is 2.73. The summed E-state index contributed by atoms with van der Waals surface area (Å²) < 4.78 is 0. The summed E-state index contributed by atoms with van der Waals surface area (Å²) in [7, 11) is 0. The maximum absolute atomic E-state index is 6.00. The van der Waals surface area contributed by atoms with Gasteiger partial charge >= 0.3 is 0 Å². The van der Waals surface area contributed by atoms with Crippen LogP contribution < -0.4 is 0 Å². The lowest BCUT2D eigenvalue weighted by atomic mass is 9.82. The van der Waals surface area contributed by atoms with Crippen LogP contribution in [0.3, 0.4) is 0 Å². The molecule has 2 unspecified atom stereocenters. The summed E-state index contributed by atoms with van der Waals surface area (Å²) in [6.07, 6.45) is 9.26. The summed E-state index contributed by atoms with van der Waals surface area (Å²) in [5.74, 6) is 1.55. The third-order valence-electron chi connectivity index (χ3n) is 5.14. The molecule has 110 valence electrons. The lowest BCUT2D eigenvalue weighted by Gasteiger charge is -2.39. The van der Waals surface area contributed by atoms with Crippen LogP contribution in [0.5, 0.6) is 0 Å². The van der Waals surface area contributed by atoms with Crippen molar-refractivity contribution < 1.29 is 0 Å². The quantitative estimate of drug-likeness (QED) is 0.734. The van der Waals surface area contributed by atoms with E-state index in [0.717, 1.165) is 24.3 Å². The van der Waals surface area contributed by atoms with Gasteiger partial charge in [0.1, 0.15) is 0 Å². The van der Waals surface area contributed by atoms with Gasteiger partial charge in [0.2, 0.25) is 0 Å². The molecule has 1 heterocycles. The van der Waals surface area contributed by atoms with Gasteiger partial charge in [-0.3, -0.25) is 4.90 Å². The Balaban J connectivity index is 1.71. The van der Waals surface area contributed by atoms with E-state index in [1.54, 1.807) is 11.1 Å². The summed E-state index contributed by atoms with van der Waals surface area (Å²) in [6, 6.07) is 9.82. The van der Waals surface area contributed by atoms with Crippen molar-refractivity contribution in [3.05, 3.63) is 35.4 Å². The zero-order valence-corrected chi connectivity index (χ0v) is 13.1. The molecule has 1 aromatic rings. The highest BCUT2D eigenvalue weighted by Crippen LogP contribution is 2.33. The Hall–Kier alpha value is -0.530. The second-order valence-electron chi connectivity index (χ2n) is 6.41. The van der Waals surface area contributed by atoms with E-state index in [-0.39, 0.29) is 0 Å². The van der Waals surface area contributed by atoms with E-state index in [2.05, 4.69) is 29.2 Å². The second kappa shape index (κ2) is 6.95. The number of piperidine rings is 1. The van der Waals surface area contributed by atoms with Crippen LogP contribution in [0.1, 0.15) is 55.6 Å². The molecule has 0 N–H and O–H groups in total. The Bertz CT molecular complexity index is 429. The first-order valence-corrected chi connectivity index (χ1v) is 8.80. The molecule has 0 amide bonds. The zero-order valence-electron chi connectivity index (χ0n) is 12.4. The number of nitrogens with zero attached hydrogens (tertiary/aromatic N) is 1. The monoisotopic (exact) mass is 291 g/mol. The van der Waals surface area contributed by atoms with E-state index in [1.807, 2.05) is 0 Å². The predicted molar refractivity (Wildman–Crippen MR) is 86.7 cm³/mol. The van der Waals surface area contributed by atoms with Gasteiger partial charge in [-0.25, -0.2) is 0 Å². The summed E-state index contributed by atoms with van der Waals surface area (Å²) in [6.45, 7) is 2.53. The van der Waals surface area contributed by atoms with E-state index in [4.69, 9.17) is 11.6 Å². The van der Waals surface area contributed by atoms with Gasteiger partial charge in [0.25, 0.3) is 0 Å². The molecule has 0 saturated carbocycles. The smallest absolute Gasteiger partial charge is 0.0238 e. The van der Waals surface area contributed by atoms with E-state index in [0.29, 0.717) is 0 Å². The van der Waals surface area contributed by atoms with Gasteiger partial charge in [0.05, 0.1) is 0 Å². The Morgan fingerprint density at radius 3 is 2.90 bits per heavy atom. The predicted octanol–water partition coefficient (Wildman–Crippen LogP) is 4.59. The number of halogens is 1. The minimum absolute atomic E-state index is 0.732. The van der Waals surface area contributed by atoms with Gasteiger partial charge in [-0.1, -0.05) is 30.7 Å². The summed E-state index contributed by atoms with van der Waals surface area (Å²) in [5, 5.41) is 0. The molecule has 0 radical (unpaired) electrons. The highest BCUT2D eigenvalue weighted by molar-refractivity contribution is 6.17. The van der Waals surface area contributed by atoms with E-state index in [1.165, 1.54) is 51.6 Å². The average molecular weight is 292 g/mol. The normalized spacial score (nSPS) is 27.2. The fourth-order valence-corrected chi connectivity index (χ4v) is 4.33. The van der Waals surface area contributed by atoms with Crippen LogP contribution in [0.15, 0.2) is 24.3 Å². The summed E-state index contributed by atoms with van der Waals surface area (Å²) >= 11 is 6.00. The summed E-state index contributed by atoms with van der Waals surface area (Å²) in [5.41, 5.74) is 3.21. The first-order valence-electron chi connectivity index (χ1n) is 8.26. The molecule has 1 aliphatic heterocycles. The molecule has 1 fully saturated rings. The first kappa shape index (κ1) is 14.4. The van der Waals surface area contributed by atoms with E-state index in [9.17, 15) is 0 Å². The molecule has 0 aromatic heterocycles. The molecule has 1 aromatic carbocycles. The van der Waals surface area contributed by atoms with Gasteiger partial charge in [-0.2, -0.15) is 0 Å². The fourth-order valence-electron chi connectivity index (χ4n) is 4.08. The number of hydrogen-bond donors (Lipinski definition) is 0. The standard InChI is InChI=1S/C18H26ClN/c19-12-11-17-9-3-4-13-20(17)14-16-8-5-7-15-6-1-2-10-18(15)16/h1-2,6,10,16-17H,3-5,7-9,11-14H2. The molecule has 1 aliphatic carbocycles. The number of aryl methyl sites for hydroxylation is 1. The number of rotatable bonds is 4. The largest absolute Gasteiger partial charge is 0.300 e.